The van der Waals surface area contributed by atoms with E-state index in [0.29, 0.717) is 63.9 Å². The van der Waals surface area contributed by atoms with Crippen molar-refractivity contribution in [2.24, 2.45) is 7.05 Å². The van der Waals surface area contributed by atoms with E-state index in [0.717, 1.165) is 35.5 Å². The van der Waals surface area contributed by atoms with Gasteiger partial charge in [0.15, 0.2) is 0 Å². The topological polar surface area (TPSA) is 331 Å². The smallest absolute Gasteiger partial charge is 0.573 e. The number of halogens is 9. The minimum atomic E-state index is -4.47. The molecule has 12 heterocycles. The fourth-order valence-electron chi connectivity index (χ4n) is 6.99. The Morgan fingerprint density at radius 2 is 0.769 bits per heavy atom. The summed E-state index contributed by atoms with van der Waals surface area (Å²) >= 11 is 0. The van der Waals surface area contributed by atoms with Gasteiger partial charge in [-0.1, -0.05) is 35.3 Å². The Morgan fingerprint density at radius 3 is 1.10 bits per heavy atom. The van der Waals surface area contributed by atoms with E-state index in [2.05, 4.69) is 135 Å². The number of alkyl halides is 9. The van der Waals surface area contributed by atoms with Gasteiger partial charge < -0.3 is 74.5 Å². The third-order valence-corrected chi connectivity index (χ3v) is 11.0. The predicted molar refractivity (Wildman–Crippen MR) is 287 cm³/mol. The maximum absolute atomic E-state index is 12.2. The molecule has 0 aliphatic carbocycles. The number of rotatable bonds is 8. The number of para-hydroxylation sites is 1. The summed E-state index contributed by atoms with van der Waals surface area (Å²) in [5.41, 5.74) is -0.820. The molecule has 0 radical (unpaired) electrons. The maximum Gasteiger partial charge on any atom is 2.00 e. The monoisotopic (exact) mass is 1800 g/mol. The molecule has 0 saturated heterocycles. The standard InChI is InChI=1S/C12H10N5.C9H12N5.3C8H4F3N4.C7H8N5.3Pt/c1-9-14-11(16-15-9)12-13-7-8-17(12)10-5-3-2-4-6-10;1-6(2)14-5-4-10-9(14)8-11-7(3)12-13-8;3*9-8(10,11)7-3-6(14-15-7)5-1-2-12-4-13-5;1-5-9-6(11-10-5)7-8-3-4-12(7)2;;;/h2-8H,1H3;4-6H,1-3H3;3*1-4H;3-4H,1-2H3;;;/q6*-1;3*+2. The molecule has 0 fully saturated rings. The second-order valence-electron chi connectivity index (χ2n) is 17.7. The van der Waals surface area contributed by atoms with Crippen LogP contribution in [0.5, 0.6) is 0 Å². The molecule has 39 heteroatoms. The van der Waals surface area contributed by atoms with Gasteiger partial charge in [0, 0.05) is 109 Å². The summed E-state index contributed by atoms with van der Waals surface area (Å²) in [6.45, 7) is 9.62. The quantitative estimate of drug-likeness (QED) is 0.133. The number of hydrogen-bond acceptors (Lipinski definition) is 18. The van der Waals surface area contributed by atoms with Crippen molar-refractivity contribution in [2.45, 2.75) is 59.2 Å². The van der Waals surface area contributed by atoms with Crippen LogP contribution in [0.15, 0.2) is 141 Å². The minimum Gasteiger partial charge on any atom is -0.573 e. The molecule has 12 aromatic heterocycles. The Bertz CT molecular complexity index is 3980. The Kier molecular flexibility index (Phi) is 26.1. The van der Waals surface area contributed by atoms with Crippen molar-refractivity contribution in [2.75, 3.05) is 0 Å². The second-order valence-corrected chi connectivity index (χ2v) is 17.7. The van der Waals surface area contributed by atoms with Crippen molar-refractivity contribution in [3.8, 4) is 74.8 Å². The van der Waals surface area contributed by atoms with Gasteiger partial charge in [0.1, 0.15) is 53.5 Å². The van der Waals surface area contributed by atoms with Crippen molar-refractivity contribution in [3.63, 3.8) is 0 Å². The molecule has 0 aliphatic heterocycles. The van der Waals surface area contributed by atoms with E-state index in [1.54, 1.807) is 25.5 Å². The summed E-state index contributed by atoms with van der Waals surface area (Å²) in [6.07, 6.45) is 5.39. The van der Waals surface area contributed by atoms with Crippen LogP contribution in [0.25, 0.3) is 74.8 Å². The first-order valence-electron chi connectivity index (χ1n) is 25.2. The summed E-state index contributed by atoms with van der Waals surface area (Å²) in [5, 5.41) is 42.6. The van der Waals surface area contributed by atoms with E-state index in [9.17, 15) is 39.5 Å². The molecule has 91 heavy (non-hydrogen) atoms. The molecule has 1 aromatic carbocycles. The first kappa shape index (κ1) is 72.3. The number of benzene rings is 1. The van der Waals surface area contributed by atoms with Crippen molar-refractivity contribution in [1.82, 2.24) is 135 Å². The van der Waals surface area contributed by atoms with Crippen LogP contribution in [0.2, 0.25) is 0 Å². The molecule has 27 nitrogen and oxygen atoms in total. The summed E-state index contributed by atoms with van der Waals surface area (Å²) < 4.78 is 115. The van der Waals surface area contributed by atoms with Crippen LogP contribution in [0, 0.1) is 20.8 Å². The molecular formula is C52H42F9N27Pt3. The van der Waals surface area contributed by atoms with Gasteiger partial charge in [0.25, 0.3) is 0 Å². The molecular weight excluding hydrogens is 1760 g/mol. The van der Waals surface area contributed by atoms with Crippen molar-refractivity contribution >= 4 is 0 Å². The summed E-state index contributed by atoms with van der Waals surface area (Å²) in [7, 11) is 1.90. The zero-order chi connectivity index (χ0) is 63.0. The van der Waals surface area contributed by atoms with E-state index in [-0.39, 0.29) is 80.3 Å². The molecule has 0 aliphatic rings. The molecule has 0 saturated carbocycles. The largest absolute Gasteiger partial charge is 2.00 e. The van der Waals surface area contributed by atoms with E-state index < -0.39 is 35.6 Å². The molecule has 0 amide bonds. The van der Waals surface area contributed by atoms with Crippen LogP contribution in [-0.2, 0) is 88.8 Å². The maximum atomic E-state index is 12.2. The zero-order valence-electron chi connectivity index (χ0n) is 47.3. The van der Waals surface area contributed by atoms with Crippen LogP contribution in [-0.4, -0.2) is 104 Å². The van der Waals surface area contributed by atoms with Gasteiger partial charge in [-0.3, -0.25) is 15.3 Å². The SMILES string of the molecule is Cc1n[n-]c(-c2nccn2-c2ccccc2)n1.Cc1n[n-]c(-c2nccn2C(C)C)n1.Cc1n[n-]c(-c2nccn2C)n1.FC(F)(F)c1cc(-c2ccncn2)[n-]n1.FC(F)(F)c1cc(-c2ccncn2)[n-]n1.FC(F)(F)c1cc(-c2ccncn2)[n-]n1.[Pt+2].[Pt+2].[Pt+2]. The fraction of sp³-hybridized carbons (Fsp3) is 0.192. The summed E-state index contributed by atoms with van der Waals surface area (Å²) in [6, 6.07) is 17.2. The van der Waals surface area contributed by atoms with Crippen molar-refractivity contribution in [1.29, 1.82) is 0 Å². The Hall–Kier alpha value is -9.43. The number of nitrogens with zero attached hydrogens (tertiary/aromatic N) is 27. The molecule has 0 N–H and O–H groups in total. The first-order valence-corrected chi connectivity index (χ1v) is 25.2. The summed E-state index contributed by atoms with van der Waals surface area (Å²) in [5.74, 6) is 5.97. The number of hydrogen-bond donors (Lipinski definition) is 0. The van der Waals surface area contributed by atoms with Gasteiger partial charge in [-0.05, 0) is 83.1 Å². The van der Waals surface area contributed by atoms with Gasteiger partial charge in [0.2, 0.25) is 0 Å². The van der Waals surface area contributed by atoms with Gasteiger partial charge in [-0.2, -0.15) is 39.5 Å². The predicted octanol–water partition coefficient (Wildman–Crippen LogP) is 7.46. The van der Waals surface area contributed by atoms with E-state index >= 15 is 0 Å². The van der Waals surface area contributed by atoms with Gasteiger partial charge in [0.05, 0.1) is 17.1 Å². The zero-order valence-corrected chi connectivity index (χ0v) is 54.1. The van der Waals surface area contributed by atoms with Crippen LogP contribution in [0.4, 0.5) is 39.5 Å². The molecule has 0 unspecified atom stereocenters. The molecule has 478 valence electrons. The molecule has 13 rings (SSSR count). The van der Waals surface area contributed by atoms with Crippen LogP contribution >= 0.6 is 0 Å². The average Bonchev–Trinajstić information content (AvgIpc) is 2.02. The third kappa shape index (κ3) is 20.3. The van der Waals surface area contributed by atoms with Gasteiger partial charge in [-0.25, -0.2) is 44.9 Å². The average molecular weight is 1800 g/mol. The Morgan fingerprint density at radius 1 is 0.407 bits per heavy atom. The Labute approximate surface area is 551 Å². The normalized spacial score (nSPS) is 10.9. The molecule has 0 atom stereocenters. The van der Waals surface area contributed by atoms with Crippen LogP contribution < -0.4 is 30.6 Å². The number of aryl methyl sites for hydroxylation is 4. The third-order valence-electron chi connectivity index (χ3n) is 11.0. The van der Waals surface area contributed by atoms with Gasteiger partial charge >= 0.3 is 81.7 Å². The molecule has 13 aromatic rings. The van der Waals surface area contributed by atoms with Crippen LogP contribution in [0.1, 0.15) is 54.4 Å². The van der Waals surface area contributed by atoms with Crippen molar-refractivity contribution in [3.05, 3.63) is 176 Å². The second kappa shape index (κ2) is 32.9. The first-order chi connectivity index (χ1) is 42.0. The number of aromatic nitrogens is 27. The Balaban J connectivity index is 0.000000198. The van der Waals surface area contributed by atoms with Crippen molar-refractivity contribution < 1.29 is 103 Å². The number of imidazole rings is 3. The van der Waals surface area contributed by atoms with E-state index in [1.165, 1.54) is 55.8 Å². The fourth-order valence-corrected chi connectivity index (χ4v) is 6.99. The molecule has 0 spiro atoms. The van der Waals surface area contributed by atoms with Gasteiger partial charge in [-0.15, -0.1) is 0 Å². The summed E-state index contributed by atoms with van der Waals surface area (Å²) in [4.78, 5) is 47.3. The van der Waals surface area contributed by atoms with Crippen LogP contribution in [0.3, 0.4) is 0 Å². The van der Waals surface area contributed by atoms with E-state index in [1.807, 2.05) is 83.5 Å². The van der Waals surface area contributed by atoms with E-state index in [4.69, 9.17) is 0 Å². The molecule has 0 bridgehead atoms. The minimum absolute atomic E-state index is 0.